The van der Waals surface area contributed by atoms with Gasteiger partial charge in [0.2, 0.25) is 0 Å². The molecule has 0 aliphatic heterocycles. The Morgan fingerprint density at radius 3 is 2.79 bits per heavy atom. The Labute approximate surface area is 159 Å². The first-order valence-electron chi connectivity index (χ1n) is 8.65. The molecule has 4 aromatic rings. The first-order valence-corrected chi connectivity index (χ1v) is 8.65. The number of halogens is 2. The van der Waals surface area contributed by atoms with Gasteiger partial charge >= 0.3 is 0 Å². The molecule has 3 heterocycles. The Bertz CT molecular complexity index is 1190. The predicted octanol–water partition coefficient (Wildman–Crippen LogP) is 3.73. The number of pyridine rings is 1. The van der Waals surface area contributed by atoms with Gasteiger partial charge in [-0.15, -0.1) is 0 Å². The molecule has 1 aromatic carbocycles. The number of anilines is 1. The molecule has 0 aliphatic carbocycles. The summed E-state index contributed by atoms with van der Waals surface area (Å²) in [5.74, 6) is -1.08. The summed E-state index contributed by atoms with van der Waals surface area (Å²) in [5.41, 5.74) is 2.70. The fraction of sp³-hybridized carbons (Fsp3) is 0.150. The van der Waals surface area contributed by atoms with Crippen molar-refractivity contribution in [3.05, 3.63) is 82.9 Å². The Balaban J connectivity index is 1.62. The van der Waals surface area contributed by atoms with Gasteiger partial charge in [-0.1, -0.05) is 6.07 Å². The molecule has 6 nitrogen and oxygen atoms in total. The third-order valence-electron chi connectivity index (χ3n) is 4.51. The Morgan fingerprint density at radius 1 is 1.18 bits per heavy atom. The summed E-state index contributed by atoms with van der Waals surface area (Å²) < 4.78 is 30.7. The molecule has 0 radical (unpaired) electrons. The molecule has 0 saturated carbocycles. The SMILES string of the molecule is Cc1cnn(Cc2cc(F)ccc2F)c1NC(=O)c1cn2c(C)cccc2n1. The van der Waals surface area contributed by atoms with Crippen LogP contribution in [-0.4, -0.2) is 25.1 Å². The normalized spacial score (nSPS) is 11.1. The highest BCUT2D eigenvalue weighted by molar-refractivity contribution is 6.03. The molecule has 0 aliphatic rings. The van der Waals surface area contributed by atoms with Gasteiger partial charge in [-0.05, 0) is 44.2 Å². The summed E-state index contributed by atoms with van der Waals surface area (Å²) in [4.78, 5) is 17.0. The minimum Gasteiger partial charge on any atom is -0.305 e. The van der Waals surface area contributed by atoms with E-state index in [-0.39, 0.29) is 17.8 Å². The molecular formula is C20H17F2N5O. The number of hydrogen-bond donors (Lipinski definition) is 1. The van der Waals surface area contributed by atoms with Crippen molar-refractivity contribution in [1.29, 1.82) is 0 Å². The van der Waals surface area contributed by atoms with Crippen LogP contribution in [0.2, 0.25) is 0 Å². The first-order chi connectivity index (χ1) is 13.4. The van der Waals surface area contributed by atoms with Crippen LogP contribution in [0, 0.1) is 25.5 Å². The van der Waals surface area contributed by atoms with Crippen LogP contribution in [0.5, 0.6) is 0 Å². The second kappa shape index (κ2) is 6.88. The first kappa shape index (κ1) is 17.8. The molecule has 3 aromatic heterocycles. The number of benzene rings is 1. The fourth-order valence-corrected chi connectivity index (χ4v) is 3.02. The standard InChI is InChI=1S/C20H17F2N5O/c1-12-9-23-27(10-14-8-15(21)6-7-16(14)22)19(12)25-20(28)17-11-26-13(2)4-3-5-18(26)24-17/h3-9,11H,10H2,1-2H3,(H,25,28). The molecule has 142 valence electrons. The van der Waals surface area contributed by atoms with E-state index in [1.165, 1.54) is 4.68 Å². The number of aromatic nitrogens is 4. The summed E-state index contributed by atoms with van der Waals surface area (Å²) in [6.45, 7) is 3.68. The molecule has 1 N–H and O–H groups in total. The number of amides is 1. The van der Waals surface area contributed by atoms with Crippen molar-refractivity contribution in [1.82, 2.24) is 19.2 Å². The monoisotopic (exact) mass is 381 g/mol. The van der Waals surface area contributed by atoms with Gasteiger partial charge in [0.25, 0.3) is 5.91 Å². The van der Waals surface area contributed by atoms with E-state index in [4.69, 9.17) is 0 Å². The number of nitrogens with zero attached hydrogens (tertiary/aromatic N) is 4. The van der Waals surface area contributed by atoms with E-state index in [0.717, 1.165) is 23.9 Å². The minimum atomic E-state index is -0.539. The van der Waals surface area contributed by atoms with Crippen LogP contribution < -0.4 is 5.32 Å². The van der Waals surface area contributed by atoms with Crippen LogP contribution in [0.3, 0.4) is 0 Å². The number of carbonyl (C=O) groups excluding carboxylic acids is 1. The van der Waals surface area contributed by atoms with Gasteiger partial charge in [0.15, 0.2) is 0 Å². The molecular weight excluding hydrogens is 364 g/mol. The van der Waals surface area contributed by atoms with Crippen LogP contribution >= 0.6 is 0 Å². The maximum Gasteiger partial charge on any atom is 0.277 e. The van der Waals surface area contributed by atoms with Crippen molar-refractivity contribution in [2.75, 3.05) is 5.32 Å². The van der Waals surface area contributed by atoms with E-state index in [2.05, 4.69) is 15.4 Å². The summed E-state index contributed by atoms with van der Waals surface area (Å²) >= 11 is 0. The van der Waals surface area contributed by atoms with E-state index < -0.39 is 17.5 Å². The second-order valence-corrected chi connectivity index (χ2v) is 6.55. The number of imidazole rings is 1. The van der Waals surface area contributed by atoms with Crippen LogP contribution in [0.4, 0.5) is 14.6 Å². The smallest absolute Gasteiger partial charge is 0.277 e. The molecule has 0 saturated heterocycles. The molecule has 0 atom stereocenters. The zero-order chi connectivity index (χ0) is 19.8. The largest absolute Gasteiger partial charge is 0.305 e. The Kier molecular flexibility index (Phi) is 4.38. The van der Waals surface area contributed by atoms with Gasteiger partial charge in [0, 0.05) is 23.0 Å². The van der Waals surface area contributed by atoms with Crippen LogP contribution in [0.15, 0.2) is 48.8 Å². The molecule has 4 rings (SSSR count). The summed E-state index contributed by atoms with van der Waals surface area (Å²) in [7, 11) is 0. The maximum atomic E-state index is 14.0. The fourth-order valence-electron chi connectivity index (χ4n) is 3.02. The van der Waals surface area contributed by atoms with Crippen molar-refractivity contribution < 1.29 is 13.6 Å². The molecule has 0 fully saturated rings. The van der Waals surface area contributed by atoms with Gasteiger partial charge in [0.1, 0.15) is 28.8 Å². The van der Waals surface area contributed by atoms with Crippen LogP contribution in [0.1, 0.15) is 27.3 Å². The van der Waals surface area contributed by atoms with Crippen molar-refractivity contribution in [2.24, 2.45) is 0 Å². The molecule has 1 amide bonds. The number of carbonyl (C=O) groups is 1. The van der Waals surface area contributed by atoms with Crippen LogP contribution in [0.25, 0.3) is 5.65 Å². The molecule has 0 spiro atoms. The maximum absolute atomic E-state index is 14.0. The lowest BCUT2D eigenvalue weighted by Crippen LogP contribution is -2.17. The quantitative estimate of drug-likeness (QED) is 0.586. The third kappa shape index (κ3) is 3.24. The molecule has 8 heteroatoms. The zero-order valence-electron chi connectivity index (χ0n) is 15.3. The number of aryl methyl sites for hydroxylation is 2. The molecule has 28 heavy (non-hydrogen) atoms. The minimum absolute atomic E-state index is 0.0165. The van der Waals surface area contributed by atoms with Crippen molar-refractivity contribution in [3.8, 4) is 0 Å². The average molecular weight is 381 g/mol. The topological polar surface area (TPSA) is 64.2 Å². The Morgan fingerprint density at radius 2 is 2.00 bits per heavy atom. The lowest BCUT2D eigenvalue weighted by molar-refractivity contribution is 0.102. The predicted molar refractivity (Wildman–Crippen MR) is 100 cm³/mol. The van der Waals surface area contributed by atoms with Crippen molar-refractivity contribution >= 4 is 17.4 Å². The van der Waals surface area contributed by atoms with Gasteiger partial charge in [-0.3, -0.25) is 4.79 Å². The van der Waals surface area contributed by atoms with Gasteiger partial charge in [-0.2, -0.15) is 5.10 Å². The van der Waals surface area contributed by atoms with E-state index >= 15 is 0 Å². The third-order valence-corrected chi connectivity index (χ3v) is 4.51. The zero-order valence-corrected chi connectivity index (χ0v) is 15.3. The lowest BCUT2D eigenvalue weighted by Gasteiger charge is -2.10. The second-order valence-electron chi connectivity index (χ2n) is 6.55. The van der Waals surface area contributed by atoms with Gasteiger partial charge < -0.3 is 9.72 Å². The van der Waals surface area contributed by atoms with Crippen LogP contribution in [-0.2, 0) is 6.54 Å². The van der Waals surface area contributed by atoms with Crippen molar-refractivity contribution in [3.63, 3.8) is 0 Å². The number of hydrogen-bond acceptors (Lipinski definition) is 3. The van der Waals surface area contributed by atoms with E-state index in [1.54, 1.807) is 19.3 Å². The molecule has 0 bridgehead atoms. The summed E-state index contributed by atoms with van der Waals surface area (Å²) in [5, 5.41) is 6.95. The number of fused-ring (bicyclic) bond motifs is 1. The van der Waals surface area contributed by atoms with Crippen molar-refractivity contribution in [2.45, 2.75) is 20.4 Å². The highest BCUT2D eigenvalue weighted by Crippen LogP contribution is 2.19. The Hall–Kier alpha value is -3.55. The highest BCUT2D eigenvalue weighted by atomic mass is 19.1. The van der Waals surface area contributed by atoms with E-state index in [0.29, 0.717) is 17.0 Å². The highest BCUT2D eigenvalue weighted by Gasteiger charge is 2.17. The summed E-state index contributed by atoms with van der Waals surface area (Å²) in [6, 6.07) is 8.84. The van der Waals surface area contributed by atoms with E-state index in [9.17, 15) is 13.6 Å². The number of nitrogens with one attached hydrogen (secondary N) is 1. The average Bonchev–Trinajstić information content (AvgIpc) is 3.24. The van der Waals surface area contributed by atoms with E-state index in [1.807, 2.05) is 29.5 Å². The summed E-state index contributed by atoms with van der Waals surface area (Å²) in [6.07, 6.45) is 3.21. The van der Waals surface area contributed by atoms with Gasteiger partial charge in [0.05, 0.1) is 12.7 Å². The molecule has 0 unspecified atom stereocenters. The number of rotatable bonds is 4. The lowest BCUT2D eigenvalue weighted by atomic mass is 10.2. The van der Waals surface area contributed by atoms with Gasteiger partial charge in [-0.25, -0.2) is 18.4 Å².